The Bertz CT molecular complexity index is 721. The third-order valence-electron chi connectivity index (χ3n) is 3.63. The van der Waals surface area contributed by atoms with Gasteiger partial charge in [0.1, 0.15) is 6.61 Å². The third-order valence-corrected chi connectivity index (χ3v) is 3.63. The lowest BCUT2D eigenvalue weighted by Crippen LogP contribution is -2.46. The van der Waals surface area contributed by atoms with E-state index in [9.17, 15) is 18.8 Å². The van der Waals surface area contributed by atoms with Crippen LogP contribution in [0.3, 0.4) is 0 Å². The first-order valence-electron chi connectivity index (χ1n) is 7.72. The quantitative estimate of drug-likeness (QED) is 0.571. The number of halogens is 1. The first kappa shape index (κ1) is 18.3. The average molecular weight is 343 g/mol. The van der Waals surface area contributed by atoms with E-state index in [0.29, 0.717) is 5.69 Å². The van der Waals surface area contributed by atoms with E-state index in [1.165, 1.54) is 6.92 Å². The van der Waals surface area contributed by atoms with Gasteiger partial charge in [0.2, 0.25) is 6.17 Å². The molecule has 130 valence electrons. The van der Waals surface area contributed by atoms with Crippen LogP contribution in [0.15, 0.2) is 60.7 Å². The molecule has 0 bridgehead atoms. The van der Waals surface area contributed by atoms with Crippen molar-refractivity contribution in [3.8, 4) is 0 Å². The summed E-state index contributed by atoms with van der Waals surface area (Å²) in [4.78, 5) is 36.1. The van der Waals surface area contributed by atoms with Gasteiger partial charge in [0.05, 0.1) is 6.04 Å². The van der Waals surface area contributed by atoms with Gasteiger partial charge < -0.3 is 4.74 Å². The molecule has 0 radical (unpaired) electrons. The fourth-order valence-electron chi connectivity index (χ4n) is 2.29. The molecule has 6 heteroatoms. The molecular weight excluding hydrogens is 325 g/mol. The molecule has 0 saturated heterocycles. The molecule has 0 fully saturated rings. The summed E-state index contributed by atoms with van der Waals surface area (Å²) in [5.41, 5.74) is 1.15. The summed E-state index contributed by atoms with van der Waals surface area (Å²) < 4.78 is 18.7. The van der Waals surface area contributed by atoms with Crippen LogP contribution in [-0.4, -0.2) is 30.4 Å². The van der Waals surface area contributed by atoms with E-state index in [-0.39, 0.29) is 12.9 Å². The second-order valence-electron chi connectivity index (χ2n) is 5.36. The molecule has 2 atom stereocenters. The van der Waals surface area contributed by atoms with E-state index in [0.717, 1.165) is 10.5 Å². The Hall–Kier alpha value is -3.02. The van der Waals surface area contributed by atoms with Crippen LogP contribution >= 0.6 is 0 Å². The van der Waals surface area contributed by atoms with Gasteiger partial charge in [-0.05, 0) is 24.6 Å². The summed E-state index contributed by atoms with van der Waals surface area (Å²) in [5.74, 6) is -1.00. The molecular formula is C19H18FNO4. The number of nitrogens with zero attached hydrogens (tertiary/aromatic N) is 1. The van der Waals surface area contributed by atoms with Crippen LogP contribution in [0.1, 0.15) is 12.5 Å². The Labute approximate surface area is 145 Å². The Morgan fingerprint density at radius 2 is 1.64 bits per heavy atom. The summed E-state index contributed by atoms with van der Waals surface area (Å²) >= 11 is 0. The number of Topliss-reactive ketones (excluding diaryl/α,β-unsaturated/α-hetero) is 1. The molecule has 25 heavy (non-hydrogen) atoms. The lowest BCUT2D eigenvalue weighted by Gasteiger charge is -2.27. The minimum atomic E-state index is -2.29. The third kappa shape index (κ3) is 4.73. The second kappa shape index (κ2) is 8.73. The van der Waals surface area contributed by atoms with Gasteiger partial charge in [0, 0.05) is 5.69 Å². The molecule has 2 unspecified atom stereocenters. The Morgan fingerprint density at radius 3 is 2.20 bits per heavy atom. The summed E-state index contributed by atoms with van der Waals surface area (Å²) in [6.45, 7) is 1.37. The Balaban J connectivity index is 2.20. The molecule has 2 aromatic rings. The summed E-state index contributed by atoms with van der Waals surface area (Å²) in [5, 5.41) is 0. The minimum Gasteiger partial charge on any atom is -0.444 e. The van der Waals surface area contributed by atoms with E-state index < -0.39 is 24.1 Å². The molecule has 0 spiro atoms. The van der Waals surface area contributed by atoms with E-state index in [1.54, 1.807) is 42.5 Å². The molecule has 2 rings (SSSR count). The number of ether oxygens (including phenoxy) is 1. The topological polar surface area (TPSA) is 63.7 Å². The van der Waals surface area contributed by atoms with Crippen LogP contribution in [0.2, 0.25) is 0 Å². The Kier molecular flexibility index (Phi) is 6.39. The SMILES string of the molecule is CC(C(=O)C(F)C=O)N(C(=O)OCc1ccccc1)c1ccccc1. The summed E-state index contributed by atoms with van der Waals surface area (Å²) in [6.07, 6.45) is -3.17. The van der Waals surface area contributed by atoms with Crippen molar-refractivity contribution in [1.29, 1.82) is 0 Å². The van der Waals surface area contributed by atoms with Crippen LogP contribution in [0.25, 0.3) is 0 Å². The van der Waals surface area contributed by atoms with E-state index >= 15 is 0 Å². The van der Waals surface area contributed by atoms with Gasteiger partial charge in [-0.25, -0.2) is 9.18 Å². The number of amides is 1. The molecule has 0 aromatic heterocycles. The zero-order chi connectivity index (χ0) is 18.2. The number of aldehydes is 1. The molecule has 1 amide bonds. The van der Waals surface area contributed by atoms with Crippen LogP contribution in [0.5, 0.6) is 0 Å². The number of anilines is 1. The highest BCUT2D eigenvalue weighted by Gasteiger charge is 2.32. The molecule has 0 heterocycles. The highest BCUT2D eigenvalue weighted by Crippen LogP contribution is 2.20. The van der Waals surface area contributed by atoms with Crippen molar-refractivity contribution in [2.24, 2.45) is 0 Å². The molecule has 0 aliphatic rings. The van der Waals surface area contributed by atoms with Gasteiger partial charge in [-0.3, -0.25) is 14.5 Å². The monoisotopic (exact) mass is 343 g/mol. The second-order valence-corrected chi connectivity index (χ2v) is 5.36. The number of hydrogen-bond donors (Lipinski definition) is 0. The molecule has 0 aliphatic heterocycles. The van der Waals surface area contributed by atoms with Gasteiger partial charge in [-0.2, -0.15) is 0 Å². The van der Waals surface area contributed by atoms with Gasteiger partial charge >= 0.3 is 6.09 Å². The molecule has 0 aliphatic carbocycles. The number of ketones is 1. The fourth-order valence-corrected chi connectivity index (χ4v) is 2.29. The van der Waals surface area contributed by atoms with Crippen molar-refractivity contribution in [3.05, 3.63) is 66.2 Å². The summed E-state index contributed by atoms with van der Waals surface area (Å²) in [6, 6.07) is 16.1. The standard InChI is InChI=1S/C19H18FNO4/c1-14(18(23)17(20)12-22)21(16-10-6-3-7-11-16)19(24)25-13-15-8-4-2-5-9-15/h2-12,14,17H,13H2,1H3. The molecule has 2 aromatic carbocycles. The molecule has 5 nitrogen and oxygen atoms in total. The predicted molar refractivity (Wildman–Crippen MR) is 91.0 cm³/mol. The van der Waals surface area contributed by atoms with E-state index in [4.69, 9.17) is 4.74 Å². The maximum atomic E-state index is 13.5. The lowest BCUT2D eigenvalue weighted by atomic mass is 10.1. The number of para-hydroxylation sites is 1. The van der Waals surface area contributed by atoms with Crippen molar-refractivity contribution >= 4 is 23.9 Å². The maximum absolute atomic E-state index is 13.5. The molecule has 0 N–H and O–H groups in total. The van der Waals surface area contributed by atoms with Crippen molar-refractivity contribution in [2.75, 3.05) is 4.90 Å². The van der Waals surface area contributed by atoms with Crippen LogP contribution in [0.4, 0.5) is 14.9 Å². The molecule has 0 saturated carbocycles. The highest BCUT2D eigenvalue weighted by molar-refractivity contribution is 6.05. The number of hydrogen-bond acceptors (Lipinski definition) is 4. The van der Waals surface area contributed by atoms with E-state index in [1.807, 2.05) is 18.2 Å². The number of benzene rings is 2. The smallest absolute Gasteiger partial charge is 0.415 e. The van der Waals surface area contributed by atoms with Gasteiger partial charge in [-0.1, -0.05) is 48.5 Å². The van der Waals surface area contributed by atoms with Crippen LogP contribution in [-0.2, 0) is 20.9 Å². The van der Waals surface area contributed by atoms with Crippen molar-refractivity contribution in [1.82, 2.24) is 0 Å². The number of rotatable bonds is 7. The normalized spacial score (nSPS) is 12.7. The zero-order valence-electron chi connectivity index (χ0n) is 13.7. The zero-order valence-corrected chi connectivity index (χ0v) is 13.7. The first-order valence-corrected chi connectivity index (χ1v) is 7.72. The first-order chi connectivity index (χ1) is 12.0. The minimum absolute atomic E-state index is 0.0106. The fraction of sp³-hybridized carbons (Fsp3) is 0.211. The summed E-state index contributed by atoms with van der Waals surface area (Å²) in [7, 11) is 0. The van der Waals surface area contributed by atoms with Gasteiger partial charge in [0.15, 0.2) is 12.1 Å². The van der Waals surface area contributed by atoms with Crippen LogP contribution in [0, 0.1) is 0 Å². The average Bonchev–Trinajstić information content (AvgIpc) is 2.66. The van der Waals surface area contributed by atoms with Crippen molar-refractivity contribution in [2.45, 2.75) is 25.7 Å². The largest absolute Gasteiger partial charge is 0.444 e. The van der Waals surface area contributed by atoms with Crippen LogP contribution < -0.4 is 4.90 Å². The van der Waals surface area contributed by atoms with Crippen molar-refractivity contribution in [3.63, 3.8) is 0 Å². The number of carbonyl (C=O) groups is 3. The van der Waals surface area contributed by atoms with Crippen molar-refractivity contribution < 1.29 is 23.5 Å². The Morgan fingerprint density at radius 1 is 1.08 bits per heavy atom. The number of carbonyl (C=O) groups excluding carboxylic acids is 3. The van der Waals surface area contributed by atoms with E-state index in [2.05, 4.69) is 0 Å². The predicted octanol–water partition coefficient (Wildman–Crippen LogP) is 3.32. The maximum Gasteiger partial charge on any atom is 0.415 e. The van der Waals surface area contributed by atoms with Gasteiger partial charge in [-0.15, -0.1) is 0 Å². The number of alkyl halides is 1. The lowest BCUT2D eigenvalue weighted by molar-refractivity contribution is -0.129. The highest BCUT2D eigenvalue weighted by atomic mass is 19.1. The van der Waals surface area contributed by atoms with Gasteiger partial charge in [0.25, 0.3) is 0 Å².